The summed E-state index contributed by atoms with van der Waals surface area (Å²) in [6.45, 7) is 9.15. The number of nitrogens with one attached hydrogen (secondary N) is 2. The van der Waals surface area contributed by atoms with Crippen molar-refractivity contribution in [2.24, 2.45) is 4.99 Å². The van der Waals surface area contributed by atoms with Crippen LogP contribution in [0.2, 0.25) is 0 Å². The van der Waals surface area contributed by atoms with E-state index in [2.05, 4.69) is 62.6 Å². The quantitative estimate of drug-likeness (QED) is 0.612. The Morgan fingerprint density at radius 2 is 2.25 bits per heavy atom. The maximum absolute atomic E-state index is 4.68. The van der Waals surface area contributed by atoms with Gasteiger partial charge in [-0.25, -0.2) is 4.99 Å². The van der Waals surface area contributed by atoms with Crippen LogP contribution in [-0.4, -0.2) is 36.5 Å². The summed E-state index contributed by atoms with van der Waals surface area (Å²) in [5, 5.41) is 13.3. The molecule has 0 bridgehead atoms. The summed E-state index contributed by atoms with van der Waals surface area (Å²) in [4.78, 5) is 8.81. The van der Waals surface area contributed by atoms with Crippen LogP contribution in [0.5, 0.6) is 0 Å². The first-order chi connectivity index (χ1) is 11.8. The Morgan fingerprint density at radius 1 is 1.33 bits per heavy atom. The van der Waals surface area contributed by atoms with Crippen molar-refractivity contribution in [2.45, 2.75) is 39.4 Å². The first-order valence-electron chi connectivity index (χ1n) is 8.58. The van der Waals surface area contributed by atoms with E-state index in [9.17, 15) is 0 Å². The fourth-order valence-electron chi connectivity index (χ4n) is 2.91. The predicted molar refractivity (Wildman–Crippen MR) is 105 cm³/mol. The molecule has 4 nitrogen and oxygen atoms in total. The van der Waals surface area contributed by atoms with Gasteiger partial charge in [0, 0.05) is 37.1 Å². The van der Waals surface area contributed by atoms with Crippen molar-refractivity contribution < 1.29 is 0 Å². The number of hydrogen-bond donors (Lipinski definition) is 2. The number of thiophene rings is 2. The van der Waals surface area contributed by atoms with Crippen LogP contribution in [0.25, 0.3) is 0 Å². The molecule has 3 heterocycles. The van der Waals surface area contributed by atoms with Crippen molar-refractivity contribution in [3.8, 4) is 0 Å². The van der Waals surface area contributed by atoms with Gasteiger partial charge in [-0.3, -0.25) is 4.90 Å². The first kappa shape index (κ1) is 17.5. The molecule has 0 aliphatic carbocycles. The molecule has 0 aromatic carbocycles. The minimum absolute atomic E-state index is 0.489. The van der Waals surface area contributed by atoms with E-state index in [1.165, 1.54) is 17.5 Å². The SMILES string of the molecule is CCNC(=NCc1ccsc1)NCC(C)N1CCc2sccc2C1. The van der Waals surface area contributed by atoms with Crippen LogP contribution >= 0.6 is 22.7 Å². The molecule has 130 valence electrons. The van der Waals surface area contributed by atoms with Gasteiger partial charge in [-0.05, 0) is 59.7 Å². The maximum atomic E-state index is 4.68. The van der Waals surface area contributed by atoms with Crippen LogP contribution in [0.15, 0.2) is 33.3 Å². The van der Waals surface area contributed by atoms with Gasteiger partial charge in [-0.1, -0.05) is 0 Å². The fraction of sp³-hybridized carbons (Fsp3) is 0.500. The van der Waals surface area contributed by atoms with Gasteiger partial charge >= 0.3 is 0 Å². The summed E-state index contributed by atoms with van der Waals surface area (Å²) in [5.41, 5.74) is 2.78. The van der Waals surface area contributed by atoms with E-state index in [1.54, 1.807) is 16.2 Å². The van der Waals surface area contributed by atoms with E-state index in [0.29, 0.717) is 6.04 Å². The van der Waals surface area contributed by atoms with Crippen LogP contribution in [0.3, 0.4) is 0 Å². The van der Waals surface area contributed by atoms with Crippen molar-refractivity contribution in [3.05, 3.63) is 44.3 Å². The van der Waals surface area contributed by atoms with Crippen LogP contribution in [-0.2, 0) is 19.5 Å². The monoisotopic (exact) mass is 362 g/mol. The number of guanidine groups is 1. The molecule has 1 aliphatic rings. The van der Waals surface area contributed by atoms with Gasteiger partial charge in [0.2, 0.25) is 0 Å². The van der Waals surface area contributed by atoms with Gasteiger partial charge in [-0.15, -0.1) is 11.3 Å². The Morgan fingerprint density at radius 3 is 3.04 bits per heavy atom. The van der Waals surface area contributed by atoms with E-state index >= 15 is 0 Å². The molecule has 0 spiro atoms. The Hall–Kier alpha value is -1.37. The third-order valence-corrected chi connectivity index (χ3v) is 6.12. The molecule has 24 heavy (non-hydrogen) atoms. The molecule has 0 saturated heterocycles. The van der Waals surface area contributed by atoms with Crippen molar-refractivity contribution in [2.75, 3.05) is 19.6 Å². The van der Waals surface area contributed by atoms with Crippen LogP contribution in [0.4, 0.5) is 0 Å². The van der Waals surface area contributed by atoms with Gasteiger partial charge in [-0.2, -0.15) is 11.3 Å². The van der Waals surface area contributed by atoms with E-state index in [-0.39, 0.29) is 0 Å². The summed E-state index contributed by atoms with van der Waals surface area (Å²) in [6.07, 6.45) is 1.18. The third kappa shape index (κ3) is 4.59. The molecule has 0 radical (unpaired) electrons. The van der Waals surface area contributed by atoms with Crippen molar-refractivity contribution in [1.29, 1.82) is 0 Å². The largest absolute Gasteiger partial charge is 0.357 e. The molecule has 2 N–H and O–H groups in total. The highest BCUT2D eigenvalue weighted by Crippen LogP contribution is 2.24. The topological polar surface area (TPSA) is 39.7 Å². The summed E-state index contributed by atoms with van der Waals surface area (Å²) in [5.74, 6) is 0.906. The maximum Gasteiger partial charge on any atom is 0.191 e. The zero-order valence-electron chi connectivity index (χ0n) is 14.4. The summed E-state index contributed by atoms with van der Waals surface area (Å²) in [6, 6.07) is 4.90. The van der Waals surface area contributed by atoms with E-state index in [0.717, 1.165) is 38.7 Å². The number of aliphatic imine (C=N–C) groups is 1. The molecule has 2 aromatic rings. The molecule has 1 aliphatic heterocycles. The second kappa shape index (κ2) is 8.65. The summed E-state index contributed by atoms with van der Waals surface area (Å²) in [7, 11) is 0. The van der Waals surface area contributed by atoms with Gasteiger partial charge in [0.1, 0.15) is 0 Å². The third-order valence-electron chi connectivity index (χ3n) is 4.37. The second-order valence-electron chi connectivity index (χ2n) is 6.15. The Labute approximate surface area is 152 Å². The smallest absolute Gasteiger partial charge is 0.191 e. The molecular weight excluding hydrogens is 336 g/mol. The summed E-state index contributed by atoms with van der Waals surface area (Å²) < 4.78 is 0. The Kier molecular flexibility index (Phi) is 6.29. The van der Waals surface area contributed by atoms with Gasteiger partial charge in [0.25, 0.3) is 0 Å². The zero-order valence-corrected chi connectivity index (χ0v) is 16.1. The molecule has 0 fully saturated rings. The lowest BCUT2D eigenvalue weighted by atomic mass is 10.1. The Bertz CT molecular complexity index is 648. The number of rotatable bonds is 6. The number of hydrogen-bond acceptors (Lipinski definition) is 4. The highest BCUT2D eigenvalue weighted by atomic mass is 32.1. The normalized spacial score (nSPS) is 16.7. The zero-order chi connectivity index (χ0) is 16.8. The van der Waals surface area contributed by atoms with E-state index in [1.807, 2.05) is 11.3 Å². The van der Waals surface area contributed by atoms with Gasteiger partial charge in [0.15, 0.2) is 5.96 Å². The molecular formula is C18H26N4S2. The molecule has 2 aromatic heterocycles. The highest BCUT2D eigenvalue weighted by Gasteiger charge is 2.21. The molecule has 3 rings (SSSR count). The highest BCUT2D eigenvalue weighted by molar-refractivity contribution is 7.10. The van der Waals surface area contributed by atoms with Crippen LogP contribution in [0.1, 0.15) is 29.9 Å². The molecule has 1 atom stereocenters. The second-order valence-corrected chi connectivity index (χ2v) is 7.93. The van der Waals surface area contributed by atoms with E-state index in [4.69, 9.17) is 0 Å². The lowest BCUT2D eigenvalue weighted by Gasteiger charge is -2.32. The summed E-state index contributed by atoms with van der Waals surface area (Å²) >= 11 is 3.62. The lowest BCUT2D eigenvalue weighted by molar-refractivity contribution is 0.192. The fourth-order valence-corrected chi connectivity index (χ4v) is 4.46. The predicted octanol–water partition coefficient (Wildman–Crippen LogP) is 3.31. The van der Waals surface area contributed by atoms with Crippen LogP contribution in [0, 0.1) is 0 Å². The molecule has 6 heteroatoms. The molecule has 0 saturated carbocycles. The molecule has 1 unspecified atom stereocenters. The van der Waals surface area contributed by atoms with Gasteiger partial charge in [0.05, 0.1) is 6.54 Å². The van der Waals surface area contributed by atoms with Gasteiger partial charge < -0.3 is 10.6 Å². The lowest BCUT2D eigenvalue weighted by Crippen LogP contribution is -2.47. The minimum atomic E-state index is 0.489. The minimum Gasteiger partial charge on any atom is -0.357 e. The standard InChI is InChI=1S/C18H26N4S2/c1-3-19-18(21-11-15-5-8-23-13-15)20-10-14(2)22-7-4-17-16(12-22)6-9-24-17/h5-6,8-9,13-14H,3-4,7,10-12H2,1-2H3,(H2,19,20,21). The van der Waals surface area contributed by atoms with Crippen molar-refractivity contribution in [3.63, 3.8) is 0 Å². The average Bonchev–Trinajstić information content (AvgIpc) is 3.27. The van der Waals surface area contributed by atoms with E-state index < -0.39 is 0 Å². The average molecular weight is 363 g/mol. The van der Waals surface area contributed by atoms with Crippen LogP contribution < -0.4 is 10.6 Å². The number of nitrogens with zero attached hydrogens (tertiary/aromatic N) is 2. The number of fused-ring (bicyclic) bond motifs is 1. The molecule has 0 amide bonds. The first-order valence-corrected chi connectivity index (χ1v) is 10.4. The van der Waals surface area contributed by atoms with Crippen molar-refractivity contribution >= 4 is 28.6 Å². The Balaban J connectivity index is 1.51. The van der Waals surface area contributed by atoms with Crippen molar-refractivity contribution in [1.82, 2.24) is 15.5 Å².